The summed E-state index contributed by atoms with van der Waals surface area (Å²) in [4.78, 5) is 32.1. The molecule has 2 aromatic carbocycles. The molecule has 1 aromatic heterocycles. The summed E-state index contributed by atoms with van der Waals surface area (Å²) >= 11 is 0. The van der Waals surface area contributed by atoms with E-state index in [1.165, 1.54) is 0 Å². The summed E-state index contributed by atoms with van der Waals surface area (Å²) in [5.41, 5.74) is 4.10. The van der Waals surface area contributed by atoms with E-state index in [4.69, 9.17) is 9.47 Å². The van der Waals surface area contributed by atoms with Crippen molar-refractivity contribution in [1.82, 2.24) is 10.3 Å². The molecule has 3 aromatic rings. The number of aryl methyl sites for hydroxylation is 2. The van der Waals surface area contributed by atoms with E-state index in [0.29, 0.717) is 43.0 Å². The number of amides is 2. The second-order valence-corrected chi connectivity index (χ2v) is 8.19. The standard InChI is InChI=1S/C26H25N3O4/c30-25(11-9-18-5-2-1-3-6-18)29-12-4-7-21-22(29)14-20(16-27-21)26(31)28-15-19-8-10-23-24(13-19)33-17-32-23/h1-3,5-6,8,10,13-14,16H,4,7,9,11-12,15,17H2,(H,28,31). The third-order valence-corrected chi connectivity index (χ3v) is 5.96. The SMILES string of the molecule is O=C(NCc1ccc2c(c1)OCO2)c1cnc2c(c1)N(C(=O)CCc1ccccc1)CCC2. The van der Waals surface area contributed by atoms with Gasteiger partial charge in [0.2, 0.25) is 12.7 Å². The van der Waals surface area contributed by atoms with Gasteiger partial charge in [0.15, 0.2) is 11.5 Å². The van der Waals surface area contributed by atoms with Gasteiger partial charge in [0.1, 0.15) is 0 Å². The first-order valence-corrected chi connectivity index (χ1v) is 11.2. The van der Waals surface area contributed by atoms with Crippen molar-refractivity contribution >= 4 is 17.5 Å². The fourth-order valence-corrected chi connectivity index (χ4v) is 4.18. The molecule has 0 saturated carbocycles. The molecule has 0 fully saturated rings. The molecule has 1 N–H and O–H groups in total. The first kappa shape index (κ1) is 21.0. The quantitative estimate of drug-likeness (QED) is 0.629. The molecule has 0 unspecified atom stereocenters. The van der Waals surface area contributed by atoms with Crippen molar-refractivity contribution in [2.24, 2.45) is 0 Å². The van der Waals surface area contributed by atoms with Crippen LogP contribution in [-0.2, 0) is 24.2 Å². The number of nitrogens with one attached hydrogen (secondary N) is 1. The number of hydrogen-bond donors (Lipinski definition) is 1. The van der Waals surface area contributed by atoms with Gasteiger partial charge in [0.25, 0.3) is 5.91 Å². The summed E-state index contributed by atoms with van der Waals surface area (Å²) in [5, 5.41) is 2.93. The molecule has 2 aliphatic heterocycles. The lowest BCUT2D eigenvalue weighted by Gasteiger charge is -2.29. The number of ether oxygens (including phenoxy) is 2. The largest absolute Gasteiger partial charge is 0.454 e. The van der Waals surface area contributed by atoms with Gasteiger partial charge < -0.3 is 19.7 Å². The molecule has 0 saturated heterocycles. The van der Waals surface area contributed by atoms with Gasteiger partial charge in [0.05, 0.1) is 16.9 Å². The van der Waals surface area contributed by atoms with E-state index >= 15 is 0 Å². The van der Waals surface area contributed by atoms with Crippen molar-refractivity contribution in [3.05, 3.63) is 83.2 Å². The van der Waals surface area contributed by atoms with E-state index in [9.17, 15) is 9.59 Å². The minimum Gasteiger partial charge on any atom is -0.454 e. The van der Waals surface area contributed by atoms with Crippen LogP contribution in [0.25, 0.3) is 0 Å². The van der Waals surface area contributed by atoms with Crippen molar-refractivity contribution in [3.63, 3.8) is 0 Å². The smallest absolute Gasteiger partial charge is 0.253 e. The summed E-state index contributed by atoms with van der Waals surface area (Å²) in [5.74, 6) is 1.22. The lowest BCUT2D eigenvalue weighted by atomic mass is 10.0. The third-order valence-electron chi connectivity index (χ3n) is 5.96. The zero-order valence-electron chi connectivity index (χ0n) is 18.3. The van der Waals surface area contributed by atoms with Crippen LogP contribution in [0.3, 0.4) is 0 Å². The van der Waals surface area contributed by atoms with Crippen LogP contribution in [0, 0.1) is 0 Å². The number of anilines is 1. The molecular weight excluding hydrogens is 418 g/mol. The third kappa shape index (κ3) is 4.67. The number of aromatic nitrogens is 1. The van der Waals surface area contributed by atoms with Crippen LogP contribution < -0.4 is 19.7 Å². The van der Waals surface area contributed by atoms with Gasteiger partial charge in [-0.15, -0.1) is 0 Å². The maximum atomic E-state index is 13.0. The Morgan fingerprint density at radius 3 is 2.73 bits per heavy atom. The zero-order chi connectivity index (χ0) is 22.6. The summed E-state index contributed by atoms with van der Waals surface area (Å²) in [6.07, 6.45) is 4.37. The Labute approximate surface area is 192 Å². The monoisotopic (exact) mass is 443 g/mol. The number of rotatable bonds is 6. The maximum absolute atomic E-state index is 13.0. The molecule has 0 spiro atoms. The van der Waals surface area contributed by atoms with Crippen LogP contribution in [0.15, 0.2) is 60.8 Å². The Morgan fingerprint density at radius 1 is 1.00 bits per heavy atom. The number of carbonyl (C=O) groups excluding carboxylic acids is 2. The highest BCUT2D eigenvalue weighted by Crippen LogP contribution is 2.32. The minimum atomic E-state index is -0.231. The molecule has 5 rings (SSSR count). The molecule has 7 nitrogen and oxygen atoms in total. The molecule has 0 radical (unpaired) electrons. The first-order chi connectivity index (χ1) is 16.2. The Balaban J connectivity index is 1.26. The molecule has 3 heterocycles. The number of pyridine rings is 1. The lowest BCUT2D eigenvalue weighted by Crippen LogP contribution is -2.36. The number of hydrogen-bond acceptors (Lipinski definition) is 5. The second-order valence-electron chi connectivity index (χ2n) is 8.19. The second kappa shape index (κ2) is 9.32. The molecule has 0 atom stereocenters. The highest BCUT2D eigenvalue weighted by Gasteiger charge is 2.24. The highest BCUT2D eigenvalue weighted by atomic mass is 16.7. The van der Waals surface area contributed by atoms with Gasteiger partial charge in [-0.3, -0.25) is 14.6 Å². The molecule has 7 heteroatoms. The Hall–Kier alpha value is -3.87. The summed E-state index contributed by atoms with van der Waals surface area (Å²) in [7, 11) is 0. The predicted octanol–water partition coefficient (Wildman–Crippen LogP) is 3.65. The van der Waals surface area contributed by atoms with E-state index in [1.54, 1.807) is 17.2 Å². The lowest BCUT2D eigenvalue weighted by molar-refractivity contribution is -0.118. The van der Waals surface area contributed by atoms with Crippen molar-refractivity contribution in [3.8, 4) is 11.5 Å². The van der Waals surface area contributed by atoms with E-state index in [-0.39, 0.29) is 18.6 Å². The van der Waals surface area contributed by atoms with Gasteiger partial charge in [-0.25, -0.2) is 0 Å². The fourth-order valence-electron chi connectivity index (χ4n) is 4.18. The van der Waals surface area contributed by atoms with Crippen molar-refractivity contribution in [2.45, 2.75) is 32.2 Å². The van der Waals surface area contributed by atoms with Gasteiger partial charge in [-0.2, -0.15) is 0 Å². The van der Waals surface area contributed by atoms with E-state index in [1.807, 2.05) is 48.5 Å². The van der Waals surface area contributed by atoms with Crippen LogP contribution >= 0.6 is 0 Å². The van der Waals surface area contributed by atoms with Crippen LogP contribution in [-0.4, -0.2) is 30.1 Å². The Kier molecular flexibility index (Phi) is 5.93. The number of benzene rings is 2. The zero-order valence-corrected chi connectivity index (χ0v) is 18.3. The van der Waals surface area contributed by atoms with Crippen LogP contribution in [0.1, 0.15) is 40.0 Å². The molecule has 0 aliphatic carbocycles. The number of fused-ring (bicyclic) bond motifs is 2. The molecule has 0 bridgehead atoms. The van der Waals surface area contributed by atoms with Crippen LogP contribution in [0.4, 0.5) is 5.69 Å². The van der Waals surface area contributed by atoms with Crippen LogP contribution in [0.2, 0.25) is 0 Å². The Morgan fingerprint density at radius 2 is 1.85 bits per heavy atom. The van der Waals surface area contributed by atoms with Crippen molar-refractivity contribution in [1.29, 1.82) is 0 Å². The predicted molar refractivity (Wildman–Crippen MR) is 123 cm³/mol. The van der Waals surface area contributed by atoms with Gasteiger partial charge >= 0.3 is 0 Å². The van der Waals surface area contributed by atoms with Gasteiger partial charge in [-0.1, -0.05) is 36.4 Å². The molecular formula is C26H25N3O4. The van der Waals surface area contributed by atoms with Gasteiger partial charge in [-0.05, 0) is 48.6 Å². The Bertz CT molecular complexity index is 1180. The molecule has 2 amide bonds. The molecule has 33 heavy (non-hydrogen) atoms. The summed E-state index contributed by atoms with van der Waals surface area (Å²) in [6.45, 7) is 1.21. The first-order valence-electron chi connectivity index (χ1n) is 11.2. The number of carbonyl (C=O) groups is 2. The van der Waals surface area contributed by atoms with Gasteiger partial charge in [0, 0.05) is 25.7 Å². The minimum absolute atomic E-state index is 0.0551. The van der Waals surface area contributed by atoms with E-state index < -0.39 is 0 Å². The van der Waals surface area contributed by atoms with Crippen molar-refractivity contribution in [2.75, 3.05) is 18.2 Å². The topological polar surface area (TPSA) is 80.8 Å². The fraction of sp³-hybridized carbons (Fsp3) is 0.269. The molecule has 168 valence electrons. The maximum Gasteiger partial charge on any atom is 0.253 e. The average Bonchev–Trinajstić information content (AvgIpc) is 3.34. The van der Waals surface area contributed by atoms with Crippen LogP contribution in [0.5, 0.6) is 11.5 Å². The normalized spacial score (nSPS) is 14.0. The highest BCUT2D eigenvalue weighted by molar-refractivity contribution is 5.98. The number of nitrogens with zero attached hydrogens (tertiary/aromatic N) is 2. The summed E-state index contributed by atoms with van der Waals surface area (Å²) < 4.78 is 10.7. The summed E-state index contributed by atoms with van der Waals surface area (Å²) in [6, 6.07) is 17.4. The average molecular weight is 444 g/mol. The van der Waals surface area contributed by atoms with Crippen molar-refractivity contribution < 1.29 is 19.1 Å². The van der Waals surface area contributed by atoms with E-state index in [2.05, 4.69) is 10.3 Å². The molecule has 2 aliphatic rings. The van der Waals surface area contributed by atoms with E-state index in [0.717, 1.165) is 35.3 Å².